The van der Waals surface area contributed by atoms with Gasteiger partial charge >= 0.3 is 5.97 Å². The minimum absolute atomic E-state index is 0.218. The Morgan fingerprint density at radius 2 is 2.00 bits per heavy atom. The van der Waals surface area contributed by atoms with E-state index >= 15 is 0 Å². The fraction of sp³-hybridized carbons (Fsp3) is 0.300. The molecule has 7 nitrogen and oxygen atoms in total. The fourth-order valence-corrected chi connectivity index (χ4v) is 0.687. The maximum Gasteiger partial charge on any atom is 0.307 e. The minimum atomic E-state index is -0.831. The molecule has 0 aliphatic heterocycles. The number of nitrogens with two attached hydrogens (primary N) is 2. The van der Waals surface area contributed by atoms with Crippen LogP contribution < -0.4 is 17.0 Å². The van der Waals surface area contributed by atoms with E-state index < -0.39 is 11.9 Å². The number of carboxylic acids is 1. The van der Waals surface area contributed by atoms with Gasteiger partial charge in [-0.1, -0.05) is 6.92 Å². The van der Waals surface area contributed by atoms with Crippen molar-refractivity contribution in [2.45, 2.75) is 6.92 Å². The lowest BCUT2D eigenvalue weighted by Gasteiger charge is -1.96. The number of nitrogens with zero attached hydrogens (tertiary/aromatic N) is 1. The van der Waals surface area contributed by atoms with Gasteiger partial charge in [-0.3, -0.25) is 20.0 Å². The van der Waals surface area contributed by atoms with Crippen molar-refractivity contribution in [1.82, 2.24) is 10.4 Å². The van der Waals surface area contributed by atoms with Crippen LogP contribution in [0.2, 0.25) is 0 Å². The summed E-state index contributed by atoms with van der Waals surface area (Å²) in [7, 11) is 0. The van der Waals surface area contributed by atoms with Crippen LogP contribution in [0.25, 0.3) is 0 Å². The second-order valence-corrected chi connectivity index (χ2v) is 3.18. The summed E-state index contributed by atoms with van der Waals surface area (Å²) in [6.07, 6.45) is 3.06. The van der Waals surface area contributed by atoms with Crippen LogP contribution in [0.4, 0.5) is 0 Å². The second-order valence-electron chi connectivity index (χ2n) is 3.18. The van der Waals surface area contributed by atoms with Gasteiger partial charge in [0.15, 0.2) is 0 Å². The van der Waals surface area contributed by atoms with Gasteiger partial charge in [-0.05, 0) is 12.1 Å². The zero-order valence-corrected chi connectivity index (χ0v) is 9.46. The van der Waals surface area contributed by atoms with E-state index in [1.165, 1.54) is 12.4 Å². The molecule has 0 radical (unpaired) electrons. The van der Waals surface area contributed by atoms with E-state index in [1.807, 2.05) is 5.43 Å². The molecule has 0 fully saturated rings. The maximum absolute atomic E-state index is 10.7. The van der Waals surface area contributed by atoms with Crippen LogP contribution in [-0.4, -0.2) is 28.5 Å². The number of carbonyl (C=O) groups excluding carboxylic acids is 1. The molecule has 0 bridgehead atoms. The molecule has 94 valence electrons. The molecule has 1 atom stereocenters. The molecule has 0 saturated heterocycles. The van der Waals surface area contributed by atoms with Gasteiger partial charge in [0.2, 0.25) is 0 Å². The molecule has 17 heavy (non-hydrogen) atoms. The van der Waals surface area contributed by atoms with E-state index in [0.717, 1.165) is 0 Å². The van der Waals surface area contributed by atoms with Crippen molar-refractivity contribution in [2.24, 2.45) is 17.5 Å². The number of aliphatic carboxylic acids is 1. The quantitative estimate of drug-likeness (QED) is 0.315. The van der Waals surface area contributed by atoms with Crippen molar-refractivity contribution < 1.29 is 14.7 Å². The van der Waals surface area contributed by atoms with E-state index in [4.69, 9.17) is 16.7 Å². The van der Waals surface area contributed by atoms with Crippen molar-refractivity contribution in [3.05, 3.63) is 30.1 Å². The highest BCUT2D eigenvalue weighted by atomic mass is 16.4. The summed E-state index contributed by atoms with van der Waals surface area (Å²) >= 11 is 0. The lowest BCUT2D eigenvalue weighted by Crippen LogP contribution is -2.29. The van der Waals surface area contributed by atoms with Crippen LogP contribution in [0, 0.1) is 5.92 Å². The number of rotatable bonds is 3. The van der Waals surface area contributed by atoms with Crippen molar-refractivity contribution in [3.63, 3.8) is 0 Å². The summed E-state index contributed by atoms with van der Waals surface area (Å²) in [6, 6.07) is 3.17. The second kappa shape index (κ2) is 8.20. The van der Waals surface area contributed by atoms with Gasteiger partial charge in [0.1, 0.15) is 0 Å². The van der Waals surface area contributed by atoms with Crippen molar-refractivity contribution in [1.29, 1.82) is 0 Å². The topological polar surface area (TPSA) is 131 Å². The van der Waals surface area contributed by atoms with E-state index in [2.05, 4.69) is 4.98 Å². The Morgan fingerprint density at radius 1 is 1.47 bits per heavy atom. The molecule has 0 aliphatic carbocycles. The molecule has 0 aliphatic rings. The molecule has 0 saturated carbocycles. The molecule has 0 aromatic carbocycles. The molecular formula is C10H16N4O3. The number of hydrogen-bond donors (Lipinski definition) is 4. The van der Waals surface area contributed by atoms with Crippen molar-refractivity contribution in [3.8, 4) is 0 Å². The summed E-state index contributed by atoms with van der Waals surface area (Å²) in [6.45, 7) is 1.79. The minimum Gasteiger partial charge on any atom is -0.481 e. The van der Waals surface area contributed by atoms with E-state index in [1.54, 1.807) is 19.1 Å². The monoisotopic (exact) mass is 240 g/mol. The Labute approximate surface area is 98.8 Å². The summed E-state index contributed by atoms with van der Waals surface area (Å²) in [5, 5.41) is 8.10. The number of hydrogen-bond acceptors (Lipinski definition) is 5. The zero-order chi connectivity index (χ0) is 13.3. The SMILES string of the molecule is CC(CN)C(=O)O.NNC(=O)c1ccncc1. The first kappa shape index (κ1) is 15.0. The Bertz CT molecular complexity index is 356. The highest BCUT2D eigenvalue weighted by molar-refractivity contribution is 5.93. The third-order valence-corrected chi connectivity index (χ3v) is 1.85. The highest BCUT2D eigenvalue weighted by Gasteiger charge is 2.05. The maximum atomic E-state index is 10.7. The van der Waals surface area contributed by atoms with Gasteiger partial charge in [0.25, 0.3) is 5.91 Å². The number of pyridine rings is 1. The average molecular weight is 240 g/mol. The summed E-state index contributed by atoms with van der Waals surface area (Å²) in [5.74, 6) is 3.35. The van der Waals surface area contributed by atoms with Crippen LogP contribution in [0.3, 0.4) is 0 Å². The molecule has 1 amide bonds. The number of carbonyl (C=O) groups is 2. The first-order valence-electron chi connectivity index (χ1n) is 4.86. The largest absolute Gasteiger partial charge is 0.481 e. The number of hydrazine groups is 1. The Hall–Kier alpha value is -1.99. The summed E-state index contributed by atoms with van der Waals surface area (Å²) in [5.41, 5.74) is 7.52. The average Bonchev–Trinajstić information content (AvgIpc) is 2.38. The van der Waals surface area contributed by atoms with Crippen molar-refractivity contribution in [2.75, 3.05) is 6.54 Å². The van der Waals surface area contributed by atoms with E-state index in [-0.39, 0.29) is 12.5 Å². The number of aromatic nitrogens is 1. The smallest absolute Gasteiger partial charge is 0.307 e. The zero-order valence-electron chi connectivity index (χ0n) is 9.46. The van der Waals surface area contributed by atoms with Crippen LogP contribution >= 0.6 is 0 Å². The van der Waals surface area contributed by atoms with Crippen LogP contribution in [0.5, 0.6) is 0 Å². The molecule has 7 heteroatoms. The summed E-state index contributed by atoms with van der Waals surface area (Å²) in [4.78, 5) is 24.3. The number of carboxylic acid groups (broad SMARTS) is 1. The van der Waals surface area contributed by atoms with Crippen LogP contribution in [0.1, 0.15) is 17.3 Å². The molecule has 1 aromatic heterocycles. The van der Waals surface area contributed by atoms with Crippen LogP contribution in [-0.2, 0) is 4.79 Å². The van der Waals surface area contributed by atoms with Crippen LogP contribution in [0.15, 0.2) is 24.5 Å². The Balaban J connectivity index is 0.000000325. The number of amides is 1. The highest BCUT2D eigenvalue weighted by Crippen LogP contribution is 1.93. The lowest BCUT2D eigenvalue weighted by molar-refractivity contribution is -0.140. The molecule has 1 rings (SSSR count). The van der Waals surface area contributed by atoms with Gasteiger partial charge < -0.3 is 10.8 Å². The Morgan fingerprint density at radius 3 is 2.29 bits per heavy atom. The summed E-state index contributed by atoms with van der Waals surface area (Å²) < 4.78 is 0. The molecule has 1 heterocycles. The number of nitrogens with one attached hydrogen (secondary N) is 1. The predicted octanol–water partition coefficient (Wildman–Crippen LogP) is -0.649. The third kappa shape index (κ3) is 6.23. The molecule has 1 unspecified atom stereocenters. The Kier molecular flexibility index (Phi) is 7.24. The predicted molar refractivity (Wildman–Crippen MR) is 61.7 cm³/mol. The standard InChI is InChI=1S/C6H7N3O.C4H9NO2/c7-9-6(10)5-1-3-8-4-2-5;1-3(2-5)4(6)7/h1-4H,7H2,(H,9,10);3H,2,5H2,1H3,(H,6,7). The van der Waals surface area contributed by atoms with Gasteiger partial charge in [-0.15, -0.1) is 0 Å². The third-order valence-electron chi connectivity index (χ3n) is 1.85. The molecular weight excluding hydrogens is 224 g/mol. The molecule has 1 aromatic rings. The molecule has 6 N–H and O–H groups in total. The molecule has 0 spiro atoms. The number of nitrogen functional groups attached to an aromatic ring is 1. The van der Waals surface area contributed by atoms with E-state index in [0.29, 0.717) is 5.56 Å². The van der Waals surface area contributed by atoms with Gasteiger partial charge in [0.05, 0.1) is 5.92 Å². The first-order chi connectivity index (χ1) is 8.02. The van der Waals surface area contributed by atoms with Gasteiger partial charge in [-0.25, -0.2) is 5.84 Å². The van der Waals surface area contributed by atoms with Gasteiger partial charge in [0, 0.05) is 24.5 Å². The van der Waals surface area contributed by atoms with Gasteiger partial charge in [-0.2, -0.15) is 0 Å². The first-order valence-corrected chi connectivity index (χ1v) is 4.86. The normalized spacial score (nSPS) is 10.8. The van der Waals surface area contributed by atoms with E-state index in [9.17, 15) is 9.59 Å². The van der Waals surface area contributed by atoms with Crippen molar-refractivity contribution >= 4 is 11.9 Å². The fourth-order valence-electron chi connectivity index (χ4n) is 0.687. The lowest BCUT2D eigenvalue weighted by atomic mass is 10.2.